The molecule has 5 heteroatoms. The fourth-order valence-corrected chi connectivity index (χ4v) is 2.57. The van der Waals surface area contributed by atoms with E-state index in [1.54, 1.807) is 0 Å². The minimum absolute atomic E-state index is 0.175. The van der Waals surface area contributed by atoms with Gasteiger partial charge in [-0.3, -0.25) is 4.79 Å². The Morgan fingerprint density at radius 3 is 2.29 bits per heavy atom. The lowest BCUT2D eigenvalue weighted by atomic mass is 9.80. The molecule has 0 spiro atoms. The van der Waals surface area contributed by atoms with E-state index in [0.717, 1.165) is 12.8 Å². The average molecular weight is 243 g/mol. The first-order chi connectivity index (χ1) is 7.97. The fourth-order valence-electron chi connectivity index (χ4n) is 2.57. The molecule has 1 aliphatic carbocycles. The Morgan fingerprint density at radius 1 is 1.18 bits per heavy atom. The highest BCUT2D eigenvalue weighted by atomic mass is 16.5. The summed E-state index contributed by atoms with van der Waals surface area (Å²) in [5.74, 6) is -0.0248. The third-order valence-electron chi connectivity index (χ3n) is 3.00. The maximum absolute atomic E-state index is 11.5. The van der Waals surface area contributed by atoms with Gasteiger partial charge in [0, 0.05) is 6.04 Å². The highest BCUT2D eigenvalue weighted by molar-refractivity contribution is 5.78. The Kier molecular flexibility index (Phi) is 5.41. The molecule has 1 amide bonds. The van der Waals surface area contributed by atoms with Crippen molar-refractivity contribution in [1.82, 2.24) is 5.32 Å². The lowest BCUT2D eigenvalue weighted by Crippen LogP contribution is -2.41. The van der Waals surface area contributed by atoms with Crippen LogP contribution in [0.4, 0.5) is 0 Å². The maximum atomic E-state index is 11.5. The van der Waals surface area contributed by atoms with E-state index in [-0.39, 0.29) is 18.6 Å². The van der Waals surface area contributed by atoms with E-state index < -0.39 is 12.6 Å². The van der Waals surface area contributed by atoms with Gasteiger partial charge in [-0.1, -0.05) is 13.8 Å². The molecule has 98 valence electrons. The van der Waals surface area contributed by atoms with E-state index in [0.29, 0.717) is 11.8 Å². The summed E-state index contributed by atoms with van der Waals surface area (Å²) in [5, 5.41) is 11.3. The van der Waals surface area contributed by atoms with Crippen LogP contribution in [-0.4, -0.2) is 36.2 Å². The van der Waals surface area contributed by atoms with Crippen molar-refractivity contribution < 1.29 is 19.4 Å². The summed E-state index contributed by atoms with van der Waals surface area (Å²) in [4.78, 5) is 21.7. The molecule has 1 aliphatic rings. The number of hydrogen-bond acceptors (Lipinski definition) is 3. The molecule has 2 atom stereocenters. The molecule has 17 heavy (non-hydrogen) atoms. The molecule has 2 unspecified atom stereocenters. The molecule has 0 heterocycles. The first-order valence-electron chi connectivity index (χ1n) is 6.06. The molecule has 2 N–H and O–H groups in total. The minimum Gasteiger partial charge on any atom is -0.480 e. The first-order valence-corrected chi connectivity index (χ1v) is 6.06. The summed E-state index contributed by atoms with van der Waals surface area (Å²) in [6, 6.07) is 0.203. The number of ether oxygens (including phenoxy) is 1. The van der Waals surface area contributed by atoms with E-state index in [1.165, 1.54) is 6.42 Å². The third kappa shape index (κ3) is 5.68. The van der Waals surface area contributed by atoms with Gasteiger partial charge in [0.25, 0.3) is 0 Å². The number of hydrogen-bond donors (Lipinski definition) is 2. The topological polar surface area (TPSA) is 75.6 Å². The van der Waals surface area contributed by atoms with Gasteiger partial charge in [0.05, 0.1) is 0 Å². The lowest BCUT2D eigenvalue weighted by Gasteiger charge is -2.31. The number of carbonyl (C=O) groups excluding carboxylic acids is 1. The van der Waals surface area contributed by atoms with Crippen LogP contribution in [0.2, 0.25) is 0 Å². The van der Waals surface area contributed by atoms with Gasteiger partial charge < -0.3 is 15.2 Å². The molecular weight excluding hydrogens is 222 g/mol. The van der Waals surface area contributed by atoms with Gasteiger partial charge in [0.2, 0.25) is 5.91 Å². The Balaban J connectivity index is 2.23. The summed E-state index contributed by atoms with van der Waals surface area (Å²) >= 11 is 0. The second-order valence-electron chi connectivity index (χ2n) is 5.07. The van der Waals surface area contributed by atoms with Crippen molar-refractivity contribution in [3.05, 3.63) is 0 Å². The smallest absolute Gasteiger partial charge is 0.329 e. The first kappa shape index (κ1) is 14.0. The van der Waals surface area contributed by atoms with E-state index >= 15 is 0 Å². The number of amides is 1. The standard InChI is InChI=1S/C12H21NO4/c1-8-3-9(2)5-10(4-8)13-11(14)6-17-7-12(15)16/h8-10H,3-7H2,1-2H3,(H,13,14)(H,15,16). The summed E-state index contributed by atoms with van der Waals surface area (Å²) in [6.45, 7) is 3.78. The number of carbonyl (C=O) groups is 2. The Morgan fingerprint density at radius 2 is 1.76 bits per heavy atom. The number of aliphatic carboxylic acids is 1. The third-order valence-corrected chi connectivity index (χ3v) is 3.00. The van der Waals surface area contributed by atoms with Crippen LogP contribution in [-0.2, 0) is 14.3 Å². The highest BCUT2D eigenvalue weighted by Crippen LogP contribution is 2.28. The van der Waals surface area contributed by atoms with Crippen LogP contribution in [0.15, 0.2) is 0 Å². The largest absolute Gasteiger partial charge is 0.480 e. The molecule has 0 saturated heterocycles. The van der Waals surface area contributed by atoms with Crippen molar-refractivity contribution in [2.75, 3.05) is 13.2 Å². The van der Waals surface area contributed by atoms with Crippen LogP contribution in [0, 0.1) is 11.8 Å². The van der Waals surface area contributed by atoms with Crippen molar-refractivity contribution in [3.63, 3.8) is 0 Å². The molecule has 1 saturated carbocycles. The Bertz CT molecular complexity index is 270. The second-order valence-corrected chi connectivity index (χ2v) is 5.07. The van der Waals surface area contributed by atoms with Crippen LogP contribution in [0.5, 0.6) is 0 Å². The maximum Gasteiger partial charge on any atom is 0.329 e. The zero-order valence-electron chi connectivity index (χ0n) is 10.4. The van der Waals surface area contributed by atoms with Gasteiger partial charge >= 0.3 is 5.97 Å². The van der Waals surface area contributed by atoms with Gasteiger partial charge in [-0.15, -0.1) is 0 Å². The van der Waals surface area contributed by atoms with Crippen LogP contribution in [0.3, 0.4) is 0 Å². The van der Waals surface area contributed by atoms with E-state index in [9.17, 15) is 9.59 Å². The minimum atomic E-state index is -1.06. The van der Waals surface area contributed by atoms with E-state index in [2.05, 4.69) is 19.2 Å². The van der Waals surface area contributed by atoms with Crippen LogP contribution < -0.4 is 5.32 Å². The summed E-state index contributed by atoms with van der Waals surface area (Å²) < 4.78 is 4.74. The van der Waals surface area contributed by atoms with E-state index in [4.69, 9.17) is 9.84 Å². The fraction of sp³-hybridized carbons (Fsp3) is 0.833. The van der Waals surface area contributed by atoms with Gasteiger partial charge in [-0.25, -0.2) is 4.79 Å². The summed E-state index contributed by atoms with van der Waals surface area (Å²) in [5.41, 5.74) is 0. The van der Waals surface area contributed by atoms with Gasteiger partial charge in [0.1, 0.15) is 13.2 Å². The van der Waals surface area contributed by atoms with E-state index in [1.807, 2.05) is 0 Å². The summed E-state index contributed by atoms with van der Waals surface area (Å²) in [7, 11) is 0. The molecular formula is C12H21NO4. The average Bonchev–Trinajstić information content (AvgIpc) is 2.14. The van der Waals surface area contributed by atoms with Crippen molar-refractivity contribution in [2.45, 2.75) is 39.2 Å². The van der Waals surface area contributed by atoms with Crippen LogP contribution >= 0.6 is 0 Å². The van der Waals surface area contributed by atoms with Crippen molar-refractivity contribution in [1.29, 1.82) is 0 Å². The molecule has 0 aromatic carbocycles. The molecule has 1 fully saturated rings. The number of carboxylic acids is 1. The quantitative estimate of drug-likeness (QED) is 0.756. The SMILES string of the molecule is CC1CC(C)CC(NC(=O)COCC(=O)O)C1. The van der Waals surface area contributed by atoms with Gasteiger partial charge in [-0.05, 0) is 31.1 Å². The molecule has 0 aromatic rings. The molecule has 0 bridgehead atoms. The second kappa shape index (κ2) is 6.59. The molecule has 5 nitrogen and oxygen atoms in total. The predicted molar refractivity (Wildman–Crippen MR) is 62.6 cm³/mol. The number of carboxylic acid groups (broad SMARTS) is 1. The Labute approximate surface area is 102 Å². The lowest BCUT2D eigenvalue weighted by molar-refractivity contribution is -0.143. The molecule has 0 aliphatic heterocycles. The number of nitrogens with one attached hydrogen (secondary N) is 1. The monoisotopic (exact) mass is 243 g/mol. The number of rotatable bonds is 5. The van der Waals surface area contributed by atoms with Gasteiger partial charge in [0.15, 0.2) is 0 Å². The highest BCUT2D eigenvalue weighted by Gasteiger charge is 2.24. The Hall–Kier alpha value is -1.10. The zero-order chi connectivity index (χ0) is 12.8. The zero-order valence-corrected chi connectivity index (χ0v) is 10.4. The molecule has 1 rings (SSSR count). The molecule has 0 aromatic heterocycles. The van der Waals surface area contributed by atoms with Crippen molar-refractivity contribution in [3.8, 4) is 0 Å². The van der Waals surface area contributed by atoms with Crippen molar-refractivity contribution in [2.24, 2.45) is 11.8 Å². The summed E-state index contributed by atoms with van der Waals surface area (Å²) in [6.07, 6.45) is 3.20. The van der Waals surface area contributed by atoms with Crippen molar-refractivity contribution >= 4 is 11.9 Å². The molecule has 0 radical (unpaired) electrons. The predicted octanol–water partition coefficient (Wildman–Crippen LogP) is 1.03. The van der Waals surface area contributed by atoms with Gasteiger partial charge in [-0.2, -0.15) is 0 Å². The normalized spacial score (nSPS) is 28.7. The van der Waals surface area contributed by atoms with Crippen LogP contribution in [0.25, 0.3) is 0 Å². The van der Waals surface area contributed by atoms with Crippen LogP contribution in [0.1, 0.15) is 33.1 Å².